The Bertz CT molecular complexity index is 787. The molecular weight excluding hydrogens is 342 g/mol. The van der Waals surface area contributed by atoms with E-state index in [1.165, 1.54) is 22.5 Å². The van der Waals surface area contributed by atoms with E-state index in [-0.39, 0.29) is 11.7 Å². The third kappa shape index (κ3) is 3.85. The van der Waals surface area contributed by atoms with Crippen molar-refractivity contribution in [1.29, 1.82) is 0 Å². The Balaban J connectivity index is 1.96. The van der Waals surface area contributed by atoms with E-state index < -0.39 is 0 Å². The summed E-state index contributed by atoms with van der Waals surface area (Å²) < 4.78 is 17.0. The molecule has 0 unspecified atom stereocenters. The standard InChI is InChI=1S/C17H21N3O4S/c1-19(2)7-8-20(16(21)13-11-23-9-10-24-13)17-18-15-12(22-3)5-4-6-14(15)25-17/h4-6,11H,7-10H2,1-3H3/p+1. The summed E-state index contributed by atoms with van der Waals surface area (Å²) in [4.78, 5) is 20.5. The van der Waals surface area contributed by atoms with Crippen LogP contribution in [0.25, 0.3) is 10.2 Å². The number of benzene rings is 1. The van der Waals surface area contributed by atoms with Crippen LogP contribution >= 0.6 is 11.3 Å². The van der Waals surface area contributed by atoms with E-state index in [1.54, 1.807) is 12.0 Å². The van der Waals surface area contributed by atoms with Gasteiger partial charge in [0.15, 0.2) is 5.13 Å². The molecule has 8 heteroatoms. The summed E-state index contributed by atoms with van der Waals surface area (Å²) in [6.45, 7) is 2.14. The van der Waals surface area contributed by atoms with Gasteiger partial charge in [-0.1, -0.05) is 17.4 Å². The lowest BCUT2D eigenvalue weighted by molar-refractivity contribution is -0.856. The van der Waals surface area contributed by atoms with Gasteiger partial charge in [-0.05, 0) is 12.1 Å². The highest BCUT2D eigenvalue weighted by molar-refractivity contribution is 7.22. The highest BCUT2D eigenvalue weighted by Crippen LogP contribution is 2.34. The summed E-state index contributed by atoms with van der Waals surface area (Å²) in [5.41, 5.74) is 0.759. The lowest BCUT2D eigenvalue weighted by Gasteiger charge is -2.23. The van der Waals surface area contributed by atoms with Gasteiger partial charge in [0.2, 0.25) is 5.76 Å². The van der Waals surface area contributed by atoms with Crippen LogP contribution in [0.3, 0.4) is 0 Å². The molecule has 2 heterocycles. The van der Waals surface area contributed by atoms with Crippen molar-refractivity contribution in [2.45, 2.75) is 0 Å². The molecule has 1 amide bonds. The number of likely N-dealkylation sites (N-methyl/N-ethyl adjacent to an activating group) is 1. The van der Waals surface area contributed by atoms with Crippen LogP contribution in [0, 0.1) is 0 Å². The first-order valence-corrected chi connectivity index (χ1v) is 8.91. The lowest BCUT2D eigenvalue weighted by Crippen LogP contribution is -3.06. The molecule has 1 aromatic heterocycles. The summed E-state index contributed by atoms with van der Waals surface area (Å²) in [7, 11) is 5.71. The number of aromatic nitrogens is 1. The number of carbonyl (C=O) groups is 1. The third-order valence-corrected chi connectivity index (χ3v) is 4.81. The van der Waals surface area contributed by atoms with Crippen LogP contribution in [0.2, 0.25) is 0 Å². The maximum atomic E-state index is 12.9. The summed E-state index contributed by atoms with van der Waals surface area (Å²) in [5.74, 6) is 0.673. The van der Waals surface area contributed by atoms with Crippen LogP contribution < -0.4 is 14.5 Å². The second-order valence-corrected chi connectivity index (χ2v) is 6.93. The van der Waals surface area contributed by atoms with Crippen molar-refractivity contribution >= 4 is 32.6 Å². The van der Waals surface area contributed by atoms with Gasteiger partial charge < -0.3 is 19.1 Å². The molecule has 0 saturated carbocycles. The predicted octanol–water partition coefficient (Wildman–Crippen LogP) is 0.671. The zero-order valence-corrected chi connectivity index (χ0v) is 15.4. The number of para-hydroxylation sites is 1. The highest BCUT2D eigenvalue weighted by atomic mass is 32.1. The second-order valence-electron chi connectivity index (χ2n) is 5.92. The van der Waals surface area contributed by atoms with Gasteiger partial charge in [-0.3, -0.25) is 9.69 Å². The maximum Gasteiger partial charge on any atom is 0.298 e. The minimum atomic E-state index is -0.237. The summed E-state index contributed by atoms with van der Waals surface area (Å²) >= 11 is 1.46. The summed E-state index contributed by atoms with van der Waals surface area (Å²) in [6, 6.07) is 5.75. The molecule has 7 nitrogen and oxygen atoms in total. The van der Waals surface area contributed by atoms with Crippen LogP contribution in [0.4, 0.5) is 5.13 Å². The lowest BCUT2D eigenvalue weighted by atomic mass is 10.3. The largest absolute Gasteiger partial charge is 0.494 e. The Morgan fingerprint density at radius 1 is 1.40 bits per heavy atom. The zero-order chi connectivity index (χ0) is 17.8. The Kier molecular flexibility index (Phi) is 5.40. The van der Waals surface area contributed by atoms with E-state index in [2.05, 4.69) is 4.98 Å². The summed E-state index contributed by atoms with van der Waals surface area (Å²) in [5, 5.41) is 0.626. The molecule has 2 aromatic rings. The molecule has 0 aliphatic carbocycles. The van der Waals surface area contributed by atoms with Gasteiger partial charge in [-0.25, -0.2) is 4.98 Å². The van der Waals surface area contributed by atoms with Gasteiger partial charge in [-0.15, -0.1) is 0 Å². The molecule has 0 spiro atoms. The molecule has 0 atom stereocenters. The first-order chi connectivity index (χ1) is 12.1. The van der Waals surface area contributed by atoms with Crippen LogP contribution in [0.5, 0.6) is 5.75 Å². The number of quaternary nitrogens is 1. The van der Waals surface area contributed by atoms with E-state index in [0.29, 0.717) is 30.6 Å². The van der Waals surface area contributed by atoms with Crippen molar-refractivity contribution in [3.05, 3.63) is 30.2 Å². The van der Waals surface area contributed by atoms with Crippen LogP contribution in [0.15, 0.2) is 30.2 Å². The Morgan fingerprint density at radius 2 is 2.24 bits per heavy atom. The molecule has 3 rings (SSSR count). The summed E-state index contributed by atoms with van der Waals surface area (Å²) in [6.07, 6.45) is 1.38. The number of methoxy groups -OCH3 is 1. The molecule has 0 radical (unpaired) electrons. The van der Waals surface area contributed by atoms with Crippen molar-refractivity contribution in [3.8, 4) is 5.75 Å². The fourth-order valence-electron chi connectivity index (χ4n) is 2.42. The molecule has 0 saturated heterocycles. The molecule has 0 fully saturated rings. The smallest absolute Gasteiger partial charge is 0.298 e. The normalized spacial score (nSPS) is 14.0. The molecule has 1 aromatic carbocycles. The average Bonchev–Trinajstić information content (AvgIpc) is 3.06. The molecule has 1 aliphatic heterocycles. The van der Waals surface area contributed by atoms with Gasteiger partial charge in [0.25, 0.3) is 5.91 Å². The monoisotopic (exact) mass is 364 g/mol. The zero-order valence-electron chi connectivity index (χ0n) is 14.6. The van der Waals surface area contributed by atoms with E-state index in [4.69, 9.17) is 14.2 Å². The van der Waals surface area contributed by atoms with E-state index in [9.17, 15) is 4.79 Å². The number of thiazole rings is 1. The van der Waals surface area contributed by atoms with E-state index in [0.717, 1.165) is 16.8 Å². The number of nitrogens with zero attached hydrogens (tertiary/aromatic N) is 2. The molecule has 25 heavy (non-hydrogen) atoms. The predicted molar refractivity (Wildman–Crippen MR) is 96.2 cm³/mol. The number of hydrogen-bond donors (Lipinski definition) is 1. The fraction of sp³-hybridized carbons (Fsp3) is 0.412. The third-order valence-electron chi connectivity index (χ3n) is 3.76. The minimum Gasteiger partial charge on any atom is -0.494 e. The minimum absolute atomic E-state index is 0.214. The number of ether oxygens (including phenoxy) is 3. The average molecular weight is 364 g/mol. The van der Waals surface area contributed by atoms with Crippen LogP contribution in [0.1, 0.15) is 0 Å². The second kappa shape index (κ2) is 7.71. The quantitative estimate of drug-likeness (QED) is 0.816. The van der Waals surface area contributed by atoms with Crippen molar-refractivity contribution in [2.24, 2.45) is 0 Å². The van der Waals surface area contributed by atoms with Gasteiger partial charge in [0.1, 0.15) is 30.7 Å². The number of hydrogen-bond acceptors (Lipinski definition) is 6. The Hall–Kier alpha value is -2.32. The van der Waals surface area contributed by atoms with E-state index in [1.807, 2.05) is 32.3 Å². The molecule has 1 N–H and O–H groups in total. The highest BCUT2D eigenvalue weighted by Gasteiger charge is 2.27. The van der Waals surface area contributed by atoms with Crippen molar-refractivity contribution in [1.82, 2.24) is 4.98 Å². The van der Waals surface area contributed by atoms with Crippen molar-refractivity contribution < 1.29 is 23.9 Å². The van der Waals surface area contributed by atoms with Gasteiger partial charge in [0.05, 0.1) is 39.0 Å². The SMILES string of the molecule is COc1cccc2sc(N(CC[NH+](C)C)C(=O)C3=COCCO3)nc12. The van der Waals surface area contributed by atoms with Crippen LogP contribution in [-0.4, -0.2) is 58.4 Å². The van der Waals surface area contributed by atoms with Gasteiger partial charge in [-0.2, -0.15) is 0 Å². The Labute approximate surface area is 150 Å². The molecule has 0 bridgehead atoms. The van der Waals surface area contributed by atoms with Gasteiger partial charge >= 0.3 is 0 Å². The molecular formula is C17H22N3O4S+. The fourth-order valence-corrected chi connectivity index (χ4v) is 3.43. The molecule has 1 aliphatic rings. The number of nitrogens with one attached hydrogen (secondary N) is 1. The van der Waals surface area contributed by atoms with Gasteiger partial charge in [0, 0.05) is 0 Å². The van der Waals surface area contributed by atoms with Crippen LogP contribution in [-0.2, 0) is 14.3 Å². The number of rotatable bonds is 6. The topological polar surface area (TPSA) is 65.3 Å². The first-order valence-electron chi connectivity index (χ1n) is 8.09. The van der Waals surface area contributed by atoms with E-state index >= 15 is 0 Å². The maximum absolute atomic E-state index is 12.9. The number of anilines is 1. The number of carbonyl (C=O) groups excluding carboxylic acids is 1. The van der Waals surface area contributed by atoms with Crippen molar-refractivity contribution in [3.63, 3.8) is 0 Å². The number of amides is 1. The molecule has 134 valence electrons. The number of fused-ring (bicyclic) bond motifs is 1. The van der Waals surface area contributed by atoms with Crippen molar-refractivity contribution in [2.75, 3.05) is 52.4 Å². The first kappa shape index (κ1) is 17.5. The Morgan fingerprint density at radius 3 is 2.92 bits per heavy atom.